The molecule has 0 saturated heterocycles. The predicted octanol–water partition coefficient (Wildman–Crippen LogP) is 3.42. The summed E-state index contributed by atoms with van der Waals surface area (Å²) in [7, 11) is -2.12. The lowest BCUT2D eigenvalue weighted by Gasteiger charge is -2.11. The molecular weight excluding hydrogens is 382 g/mol. The standard InChI is InChI=1S/C16H16BrNO4S/c1-10-4-6-13(12(17)8-10)18-16(19)11-5-7-14(22-2)15(9-11)23(3,20)21/h4-9H,1-3H3,(H,18,19). The van der Waals surface area contributed by atoms with Gasteiger partial charge in [-0.1, -0.05) is 6.07 Å². The number of sulfone groups is 1. The Balaban J connectivity index is 2.36. The van der Waals surface area contributed by atoms with Gasteiger partial charge in [0, 0.05) is 16.3 Å². The normalized spacial score (nSPS) is 11.1. The molecule has 5 nitrogen and oxygen atoms in total. The van der Waals surface area contributed by atoms with E-state index in [1.165, 1.54) is 25.3 Å². The van der Waals surface area contributed by atoms with Gasteiger partial charge in [-0.25, -0.2) is 8.42 Å². The zero-order valence-electron chi connectivity index (χ0n) is 12.9. The molecule has 0 aliphatic rings. The van der Waals surface area contributed by atoms with Crippen LogP contribution in [0.4, 0.5) is 5.69 Å². The molecule has 0 aromatic heterocycles. The molecule has 0 aliphatic carbocycles. The first-order valence-corrected chi connectivity index (χ1v) is 9.36. The first kappa shape index (κ1) is 17.5. The molecule has 0 bridgehead atoms. The molecule has 2 aromatic rings. The van der Waals surface area contributed by atoms with Crippen molar-refractivity contribution < 1.29 is 17.9 Å². The van der Waals surface area contributed by atoms with Gasteiger partial charge in [0.25, 0.3) is 5.91 Å². The van der Waals surface area contributed by atoms with Crippen LogP contribution < -0.4 is 10.1 Å². The minimum Gasteiger partial charge on any atom is -0.495 e. The van der Waals surface area contributed by atoms with Gasteiger partial charge in [-0.2, -0.15) is 0 Å². The number of hydrogen-bond acceptors (Lipinski definition) is 4. The van der Waals surface area contributed by atoms with Crippen LogP contribution in [-0.4, -0.2) is 27.7 Å². The lowest BCUT2D eigenvalue weighted by molar-refractivity contribution is 0.102. The minimum absolute atomic E-state index is 0.0179. The number of benzene rings is 2. The van der Waals surface area contributed by atoms with E-state index in [4.69, 9.17) is 4.74 Å². The quantitative estimate of drug-likeness (QED) is 0.857. The van der Waals surface area contributed by atoms with Gasteiger partial charge >= 0.3 is 0 Å². The molecule has 0 heterocycles. The number of aryl methyl sites for hydroxylation is 1. The van der Waals surface area contributed by atoms with Crippen molar-refractivity contribution in [2.24, 2.45) is 0 Å². The number of halogens is 1. The van der Waals surface area contributed by atoms with E-state index in [1.807, 2.05) is 19.1 Å². The average molecular weight is 398 g/mol. The number of amides is 1. The summed E-state index contributed by atoms with van der Waals surface area (Å²) in [5, 5.41) is 2.75. The van der Waals surface area contributed by atoms with Crippen LogP contribution in [0.15, 0.2) is 45.8 Å². The molecule has 0 spiro atoms. The highest BCUT2D eigenvalue weighted by atomic mass is 79.9. The molecule has 2 rings (SSSR count). The first-order chi connectivity index (χ1) is 10.7. The van der Waals surface area contributed by atoms with E-state index in [-0.39, 0.29) is 16.2 Å². The Hall–Kier alpha value is -1.86. The van der Waals surface area contributed by atoms with E-state index in [0.717, 1.165) is 16.3 Å². The number of anilines is 1. The SMILES string of the molecule is COc1ccc(C(=O)Nc2ccc(C)cc2Br)cc1S(C)(=O)=O. The topological polar surface area (TPSA) is 72.5 Å². The third-order valence-corrected chi connectivity index (χ3v) is 4.97. The Bertz CT molecular complexity index is 862. The highest BCUT2D eigenvalue weighted by Gasteiger charge is 2.18. The van der Waals surface area contributed by atoms with E-state index in [9.17, 15) is 13.2 Å². The van der Waals surface area contributed by atoms with Crippen LogP contribution in [0, 0.1) is 6.92 Å². The van der Waals surface area contributed by atoms with Gasteiger partial charge in [-0.05, 0) is 58.7 Å². The van der Waals surface area contributed by atoms with Gasteiger partial charge in [0.15, 0.2) is 9.84 Å². The molecule has 23 heavy (non-hydrogen) atoms. The van der Waals surface area contributed by atoms with E-state index in [2.05, 4.69) is 21.2 Å². The second-order valence-electron chi connectivity index (χ2n) is 5.08. The van der Waals surface area contributed by atoms with Gasteiger partial charge in [-0.15, -0.1) is 0 Å². The highest BCUT2D eigenvalue weighted by Crippen LogP contribution is 2.27. The zero-order chi connectivity index (χ0) is 17.2. The number of methoxy groups -OCH3 is 1. The summed E-state index contributed by atoms with van der Waals surface area (Å²) in [5.74, 6) is -0.192. The van der Waals surface area contributed by atoms with Crippen LogP contribution in [0.3, 0.4) is 0 Å². The highest BCUT2D eigenvalue weighted by molar-refractivity contribution is 9.10. The second kappa shape index (κ2) is 6.72. The summed E-state index contributed by atoms with van der Waals surface area (Å²) in [5.41, 5.74) is 1.90. The van der Waals surface area contributed by atoms with Crippen LogP contribution in [-0.2, 0) is 9.84 Å². The minimum atomic E-state index is -3.50. The maximum atomic E-state index is 12.4. The molecule has 0 fully saturated rings. The summed E-state index contributed by atoms with van der Waals surface area (Å²) < 4.78 is 29.4. The number of carbonyl (C=O) groups excluding carboxylic acids is 1. The van der Waals surface area contributed by atoms with E-state index >= 15 is 0 Å². The first-order valence-electron chi connectivity index (χ1n) is 6.68. The summed E-state index contributed by atoms with van der Waals surface area (Å²) in [6.07, 6.45) is 1.07. The van der Waals surface area contributed by atoms with Crippen molar-refractivity contribution in [2.45, 2.75) is 11.8 Å². The summed E-state index contributed by atoms with van der Waals surface area (Å²) >= 11 is 3.39. The van der Waals surface area contributed by atoms with Gasteiger partial charge in [0.05, 0.1) is 12.8 Å². The van der Waals surface area contributed by atoms with Gasteiger partial charge < -0.3 is 10.1 Å². The fourth-order valence-electron chi connectivity index (χ4n) is 2.02. The number of ether oxygens (including phenoxy) is 1. The van der Waals surface area contributed by atoms with Crippen LogP contribution in [0.2, 0.25) is 0 Å². The van der Waals surface area contributed by atoms with E-state index < -0.39 is 15.7 Å². The van der Waals surface area contributed by atoms with Crippen LogP contribution in [0.5, 0.6) is 5.75 Å². The van der Waals surface area contributed by atoms with E-state index in [1.54, 1.807) is 6.07 Å². The summed E-state index contributed by atoms with van der Waals surface area (Å²) in [6.45, 7) is 1.94. The molecule has 0 saturated carbocycles. The molecule has 1 amide bonds. The lowest BCUT2D eigenvalue weighted by atomic mass is 10.2. The van der Waals surface area contributed by atoms with Crippen molar-refractivity contribution >= 4 is 37.4 Å². The Kier molecular flexibility index (Phi) is 5.11. The maximum Gasteiger partial charge on any atom is 0.255 e. The third-order valence-electron chi connectivity index (χ3n) is 3.20. The fraction of sp³-hybridized carbons (Fsp3) is 0.188. The number of carbonyl (C=O) groups is 1. The lowest BCUT2D eigenvalue weighted by Crippen LogP contribution is -2.13. The predicted molar refractivity (Wildman–Crippen MR) is 92.9 cm³/mol. The van der Waals surface area contributed by atoms with Gasteiger partial charge in [0.2, 0.25) is 0 Å². The Morgan fingerprint density at radius 3 is 2.43 bits per heavy atom. The molecule has 122 valence electrons. The molecule has 0 unspecified atom stereocenters. The van der Waals surface area contributed by atoms with Gasteiger partial charge in [-0.3, -0.25) is 4.79 Å². The Morgan fingerprint density at radius 1 is 1.17 bits per heavy atom. The number of nitrogens with one attached hydrogen (secondary N) is 1. The molecule has 7 heteroatoms. The number of hydrogen-bond donors (Lipinski definition) is 1. The van der Waals surface area contributed by atoms with Crippen LogP contribution in [0.25, 0.3) is 0 Å². The van der Waals surface area contributed by atoms with Gasteiger partial charge in [0.1, 0.15) is 10.6 Å². The Labute approximate surface area is 143 Å². The van der Waals surface area contributed by atoms with Crippen molar-refractivity contribution in [3.05, 3.63) is 52.0 Å². The average Bonchev–Trinajstić information content (AvgIpc) is 2.48. The smallest absolute Gasteiger partial charge is 0.255 e. The Morgan fingerprint density at radius 2 is 1.87 bits per heavy atom. The monoisotopic (exact) mass is 397 g/mol. The molecule has 2 aromatic carbocycles. The van der Waals surface area contributed by atoms with Crippen LogP contribution in [0.1, 0.15) is 15.9 Å². The number of rotatable bonds is 4. The second-order valence-corrected chi connectivity index (χ2v) is 7.91. The van der Waals surface area contributed by atoms with Crippen molar-refractivity contribution in [3.63, 3.8) is 0 Å². The van der Waals surface area contributed by atoms with Crippen LogP contribution >= 0.6 is 15.9 Å². The fourth-order valence-corrected chi connectivity index (χ4v) is 3.47. The summed E-state index contributed by atoms with van der Waals surface area (Å²) in [6, 6.07) is 9.83. The largest absolute Gasteiger partial charge is 0.495 e. The third kappa shape index (κ3) is 4.11. The summed E-state index contributed by atoms with van der Waals surface area (Å²) in [4.78, 5) is 12.3. The maximum absolute atomic E-state index is 12.4. The molecular formula is C16H16BrNO4S. The van der Waals surface area contributed by atoms with Crippen molar-refractivity contribution in [2.75, 3.05) is 18.7 Å². The van der Waals surface area contributed by atoms with Crippen molar-refractivity contribution in [1.29, 1.82) is 0 Å². The van der Waals surface area contributed by atoms with E-state index in [0.29, 0.717) is 5.69 Å². The van der Waals surface area contributed by atoms with Crippen molar-refractivity contribution in [3.8, 4) is 5.75 Å². The zero-order valence-corrected chi connectivity index (χ0v) is 15.3. The molecule has 1 N–H and O–H groups in total. The van der Waals surface area contributed by atoms with Crippen molar-refractivity contribution in [1.82, 2.24) is 0 Å². The molecule has 0 radical (unpaired) electrons. The molecule has 0 atom stereocenters. The molecule has 0 aliphatic heterocycles.